The maximum Gasteiger partial charge on any atom is 0.307 e. The van der Waals surface area contributed by atoms with Crippen LogP contribution in [0.4, 0.5) is 0 Å². The number of ether oxygens (including phenoxy) is 2. The SMILES string of the molecule is CCOC(=O)CC(N)c1cc(OCc2ccccc2)cc(-c2ccnn2C)c1. The zero-order valence-corrected chi connectivity index (χ0v) is 16.2. The lowest BCUT2D eigenvalue weighted by Crippen LogP contribution is -2.17. The summed E-state index contributed by atoms with van der Waals surface area (Å²) in [5, 5.41) is 4.23. The number of nitrogens with zero attached hydrogens (tertiary/aromatic N) is 2. The summed E-state index contributed by atoms with van der Waals surface area (Å²) in [5.41, 5.74) is 10.0. The van der Waals surface area contributed by atoms with Crippen LogP contribution in [0.15, 0.2) is 60.8 Å². The first kappa shape index (κ1) is 19.6. The van der Waals surface area contributed by atoms with Crippen LogP contribution in [0.1, 0.15) is 30.5 Å². The molecule has 0 aliphatic heterocycles. The second kappa shape index (κ2) is 9.19. The molecule has 146 valence electrons. The number of hydrogen-bond donors (Lipinski definition) is 1. The van der Waals surface area contributed by atoms with Crippen molar-refractivity contribution in [2.24, 2.45) is 12.8 Å². The maximum atomic E-state index is 11.8. The molecule has 0 spiro atoms. The molecule has 3 rings (SSSR count). The standard InChI is InChI=1S/C22H25N3O3/c1-3-27-22(26)14-20(23)17-11-18(21-9-10-24-25(21)2)13-19(12-17)28-15-16-7-5-4-6-8-16/h4-13,20H,3,14-15,23H2,1-2H3. The number of esters is 1. The van der Waals surface area contributed by atoms with E-state index < -0.39 is 6.04 Å². The summed E-state index contributed by atoms with van der Waals surface area (Å²) >= 11 is 0. The third-order valence-electron chi connectivity index (χ3n) is 4.41. The largest absolute Gasteiger partial charge is 0.489 e. The second-order valence-electron chi connectivity index (χ2n) is 6.52. The Hall–Kier alpha value is -3.12. The van der Waals surface area contributed by atoms with Crippen molar-refractivity contribution in [1.82, 2.24) is 9.78 Å². The molecule has 0 fully saturated rings. The van der Waals surface area contributed by atoms with Crippen LogP contribution in [0, 0.1) is 0 Å². The van der Waals surface area contributed by atoms with E-state index in [0.29, 0.717) is 19.0 Å². The van der Waals surface area contributed by atoms with E-state index in [-0.39, 0.29) is 12.4 Å². The quantitative estimate of drug-likeness (QED) is 0.605. The van der Waals surface area contributed by atoms with E-state index in [1.54, 1.807) is 17.8 Å². The summed E-state index contributed by atoms with van der Waals surface area (Å²) in [6.45, 7) is 2.57. The molecule has 0 saturated carbocycles. The van der Waals surface area contributed by atoms with Gasteiger partial charge in [-0.25, -0.2) is 0 Å². The highest BCUT2D eigenvalue weighted by atomic mass is 16.5. The molecule has 6 nitrogen and oxygen atoms in total. The molecule has 1 unspecified atom stereocenters. The Kier molecular flexibility index (Phi) is 6.45. The average molecular weight is 379 g/mol. The number of benzene rings is 2. The lowest BCUT2D eigenvalue weighted by molar-refractivity contribution is -0.143. The minimum absolute atomic E-state index is 0.112. The molecule has 6 heteroatoms. The molecule has 2 N–H and O–H groups in total. The van der Waals surface area contributed by atoms with Crippen LogP contribution in [0.3, 0.4) is 0 Å². The van der Waals surface area contributed by atoms with Crippen LogP contribution < -0.4 is 10.5 Å². The third-order valence-corrected chi connectivity index (χ3v) is 4.41. The van der Waals surface area contributed by atoms with Gasteiger partial charge >= 0.3 is 5.97 Å². The van der Waals surface area contributed by atoms with E-state index in [2.05, 4.69) is 5.10 Å². The lowest BCUT2D eigenvalue weighted by atomic mass is 10.00. The second-order valence-corrected chi connectivity index (χ2v) is 6.52. The van der Waals surface area contributed by atoms with Gasteiger partial charge in [-0.2, -0.15) is 5.10 Å². The van der Waals surface area contributed by atoms with Gasteiger partial charge in [-0.15, -0.1) is 0 Å². The highest BCUT2D eigenvalue weighted by molar-refractivity contribution is 5.71. The fraction of sp³-hybridized carbons (Fsp3) is 0.273. The number of aromatic nitrogens is 2. The van der Waals surface area contributed by atoms with Crippen LogP contribution in [0.2, 0.25) is 0 Å². The van der Waals surface area contributed by atoms with E-state index >= 15 is 0 Å². The van der Waals surface area contributed by atoms with Gasteiger partial charge in [-0.1, -0.05) is 30.3 Å². The molecule has 1 heterocycles. The normalized spacial score (nSPS) is 11.8. The van der Waals surface area contributed by atoms with Crippen molar-refractivity contribution in [2.75, 3.05) is 6.61 Å². The van der Waals surface area contributed by atoms with Gasteiger partial charge in [0.1, 0.15) is 12.4 Å². The monoisotopic (exact) mass is 379 g/mol. The molecular formula is C22H25N3O3. The van der Waals surface area contributed by atoms with E-state index in [4.69, 9.17) is 15.2 Å². The Morgan fingerprint density at radius 1 is 1.18 bits per heavy atom. The van der Waals surface area contributed by atoms with Gasteiger partial charge in [0.05, 0.1) is 18.7 Å². The summed E-state index contributed by atoms with van der Waals surface area (Å²) in [5.74, 6) is 0.379. The van der Waals surface area contributed by atoms with Crippen molar-refractivity contribution in [2.45, 2.75) is 26.0 Å². The van der Waals surface area contributed by atoms with Crippen LogP contribution in [0.25, 0.3) is 11.3 Å². The van der Waals surface area contributed by atoms with Crippen LogP contribution in [-0.4, -0.2) is 22.4 Å². The molecule has 3 aromatic rings. The smallest absolute Gasteiger partial charge is 0.307 e. The van der Waals surface area contributed by atoms with E-state index in [0.717, 1.165) is 22.4 Å². The van der Waals surface area contributed by atoms with Crippen LogP contribution >= 0.6 is 0 Å². The molecular weight excluding hydrogens is 354 g/mol. The molecule has 0 saturated heterocycles. The summed E-state index contributed by atoms with van der Waals surface area (Å²) in [6.07, 6.45) is 1.85. The molecule has 1 aromatic heterocycles. The first-order chi connectivity index (χ1) is 13.6. The van der Waals surface area contributed by atoms with Crippen LogP contribution in [0.5, 0.6) is 5.75 Å². The molecule has 2 aromatic carbocycles. The fourth-order valence-electron chi connectivity index (χ4n) is 2.98. The highest BCUT2D eigenvalue weighted by Crippen LogP contribution is 2.29. The minimum atomic E-state index is -0.480. The summed E-state index contributed by atoms with van der Waals surface area (Å²) in [4.78, 5) is 11.8. The number of aryl methyl sites for hydroxylation is 1. The lowest BCUT2D eigenvalue weighted by Gasteiger charge is -2.16. The molecule has 0 bridgehead atoms. The number of carbonyl (C=O) groups is 1. The first-order valence-corrected chi connectivity index (χ1v) is 9.28. The molecule has 28 heavy (non-hydrogen) atoms. The maximum absolute atomic E-state index is 11.8. The van der Waals surface area contributed by atoms with Gasteiger partial charge in [0, 0.05) is 24.8 Å². The topological polar surface area (TPSA) is 79.4 Å². The number of hydrogen-bond acceptors (Lipinski definition) is 5. The Morgan fingerprint density at radius 3 is 2.64 bits per heavy atom. The molecule has 0 amide bonds. The zero-order chi connectivity index (χ0) is 19.9. The number of rotatable bonds is 8. The van der Waals surface area contributed by atoms with Crippen molar-refractivity contribution in [1.29, 1.82) is 0 Å². The van der Waals surface area contributed by atoms with Crippen LogP contribution in [-0.2, 0) is 23.2 Å². The third kappa shape index (κ3) is 4.98. The fourth-order valence-corrected chi connectivity index (χ4v) is 2.98. The molecule has 0 radical (unpaired) electrons. The van der Waals surface area contributed by atoms with Crippen molar-refractivity contribution < 1.29 is 14.3 Å². The van der Waals surface area contributed by atoms with E-state index in [9.17, 15) is 4.79 Å². The first-order valence-electron chi connectivity index (χ1n) is 9.28. The van der Waals surface area contributed by atoms with Gasteiger partial charge in [-0.3, -0.25) is 9.48 Å². The summed E-state index contributed by atoms with van der Waals surface area (Å²) < 4.78 is 12.8. The van der Waals surface area contributed by atoms with Crippen molar-refractivity contribution >= 4 is 5.97 Å². The number of nitrogens with two attached hydrogens (primary N) is 1. The molecule has 1 atom stereocenters. The highest BCUT2D eigenvalue weighted by Gasteiger charge is 2.16. The Balaban J connectivity index is 1.87. The Labute approximate surface area is 164 Å². The van der Waals surface area contributed by atoms with Gasteiger partial charge in [0.25, 0.3) is 0 Å². The van der Waals surface area contributed by atoms with Gasteiger partial charge in [-0.05, 0) is 42.3 Å². The van der Waals surface area contributed by atoms with Crippen molar-refractivity contribution in [3.8, 4) is 17.0 Å². The summed E-state index contributed by atoms with van der Waals surface area (Å²) in [7, 11) is 1.88. The van der Waals surface area contributed by atoms with Gasteiger partial charge in [0.15, 0.2) is 0 Å². The van der Waals surface area contributed by atoms with Crippen molar-refractivity contribution in [3.63, 3.8) is 0 Å². The minimum Gasteiger partial charge on any atom is -0.489 e. The number of carbonyl (C=O) groups excluding carboxylic acids is 1. The van der Waals surface area contributed by atoms with Gasteiger partial charge in [0.2, 0.25) is 0 Å². The van der Waals surface area contributed by atoms with Crippen molar-refractivity contribution in [3.05, 3.63) is 71.9 Å². The van der Waals surface area contributed by atoms with E-state index in [1.807, 2.05) is 61.6 Å². The molecule has 0 aliphatic carbocycles. The average Bonchev–Trinajstić information content (AvgIpc) is 3.13. The predicted molar refractivity (Wildman–Crippen MR) is 108 cm³/mol. The Morgan fingerprint density at radius 2 is 1.96 bits per heavy atom. The Bertz CT molecular complexity index is 922. The summed E-state index contributed by atoms with van der Waals surface area (Å²) in [6, 6.07) is 17.2. The zero-order valence-electron chi connectivity index (χ0n) is 16.2. The predicted octanol–water partition coefficient (Wildman–Crippen LogP) is 3.62. The van der Waals surface area contributed by atoms with E-state index in [1.165, 1.54) is 0 Å². The van der Waals surface area contributed by atoms with Gasteiger partial charge < -0.3 is 15.2 Å². The molecule has 0 aliphatic rings.